The predicted octanol–water partition coefficient (Wildman–Crippen LogP) is 1.17. The van der Waals surface area contributed by atoms with Gasteiger partial charge in [-0.1, -0.05) is 0 Å². The molecule has 0 amide bonds. The number of phenols is 1. The van der Waals surface area contributed by atoms with E-state index in [-0.39, 0.29) is 17.7 Å². The van der Waals surface area contributed by atoms with Gasteiger partial charge in [0.05, 0.1) is 13.5 Å². The molecule has 1 aromatic rings. The third-order valence-electron chi connectivity index (χ3n) is 1.66. The monoisotopic (exact) mass is 200 g/mol. The number of benzene rings is 1. The molecule has 0 bridgehead atoms. The van der Waals surface area contributed by atoms with Crippen molar-refractivity contribution in [3.05, 3.63) is 23.5 Å². The van der Waals surface area contributed by atoms with Crippen LogP contribution < -0.4 is 4.74 Å². The zero-order chi connectivity index (χ0) is 10.7. The minimum atomic E-state index is -1.07. The largest absolute Gasteiger partial charge is 0.502 e. The van der Waals surface area contributed by atoms with E-state index in [1.54, 1.807) is 0 Å². The molecule has 76 valence electrons. The van der Waals surface area contributed by atoms with E-state index < -0.39 is 17.5 Å². The van der Waals surface area contributed by atoms with Crippen molar-refractivity contribution in [3.63, 3.8) is 0 Å². The number of halogens is 1. The van der Waals surface area contributed by atoms with Crippen molar-refractivity contribution in [1.82, 2.24) is 0 Å². The second kappa shape index (κ2) is 3.95. The lowest BCUT2D eigenvalue weighted by Gasteiger charge is -2.06. The summed E-state index contributed by atoms with van der Waals surface area (Å²) in [4.78, 5) is 10.3. The summed E-state index contributed by atoms with van der Waals surface area (Å²) in [5.74, 6) is -2.64. The van der Waals surface area contributed by atoms with Crippen LogP contribution in [0.5, 0.6) is 11.5 Å². The van der Waals surface area contributed by atoms with Crippen molar-refractivity contribution in [2.75, 3.05) is 7.11 Å². The lowest BCUT2D eigenvalue weighted by molar-refractivity contribution is -0.136. The maximum atomic E-state index is 13.0. The number of hydrogen-bond donors (Lipinski definition) is 2. The quantitative estimate of drug-likeness (QED) is 0.768. The molecule has 0 heterocycles. The Morgan fingerprint density at radius 2 is 2.21 bits per heavy atom. The van der Waals surface area contributed by atoms with E-state index in [4.69, 9.17) is 10.2 Å². The Labute approximate surface area is 79.6 Å². The zero-order valence-corrected chi connectivity index (χ0v) is 7.45. The fourth-order valence-electron chi connectivity index (χ4n) is 1.06. The lowest BCUT2D eigenvalue weighted by Crippen LogP contribution is -2.01. The first-order valence-corrected chi connectivity index (χ1v) is 3.81. The minimum Gasteiger partial charge on any atom is -0.502 e. The van der Waals surface area contributed by atoms with Gasteiger partial charge in [0, 0.05) is 0 Å². The topological polar surface area (TPSA) is 66.8 Å². The fourth-order valence-corrected chi connectivity index (χ4v) is 1.06. The maximum absolute atomic E-state index is 13.0. The summed E-state index contributed by atoms with van der Waals surface area (Å²) < 4.78 is 17.6. The van der Waals surface area contributed by atoms with Crippen molar-refractivity contribution in [3.8, 4) is 11.5 Å². The van der Waals surface area contributed by atoms with Crippen LogP contribution in [0.2, 0.25) is 0 Å². The van der Waals surface area contributed by atoms with Crippen LogP contribution in [0.4, 0.5) is 4.39 Å². The molecule has 2 N–H and O–H groups in total. The lowest BCUT2D eigenvalue weighted by atomic mass is 10.1. The number of methoxy groups -OCH3 is 1. The number of carboxylic acids is 1. The molecule has 0 fully saturated rings. The first kappa shape index (κ1) is 10.3. The molecule has 0 unspecified atom stereocenters. The molecule has 0 atom stereocenters. The van der Waals surface area contributed by atoms with Gasteiger partial charge < -0.3 is 14.9 Å². The molecular formula is C9H9FO4. The van der Waals surface area contributed by atoms with Crippen molar-refractivity contribution in [2.45, 2.75) is 6.42 Å². The SMILES string of the molecule is COc1cc(CC(=O)O)cc(F)c1O. The van der Waals surface area contributed by atoms with Gasteiger partial charge in [0.2, 0.25) is 0 Å². The van der Waals surface area contributed by atoms with E-state index >= 15 is 0 Å². The molecule has 0 spiro atoms. The highest BCUT2D eigenvalue weighted by Gasteiger charge is 2.11. The molecule has 5 heteroatoms. The molecule has 14 heavy (non-hydrogen) atoms. The van der Waals surface area contributed by atoms with Crippen molar-refractivity contribution in [2.24, 2.45) is 0 Å². The van der Waals surface area contributed by atoms with Crippen LogP contribution in [0.25, 0.3) is 0 Å². The first-order valence-electron chi connectivity index (χ1n) is 3.81. The average Bonchev–Trinajstić information content (AvgIpc) is 2.10. The van der Waals surface area contributed by atoms with Crippen LogP contribution in [0.15, 0.2) is 12.1 Å². The molecule has 0 aromatic heterocycles. The summed E-state index contributed by atoms with van der Waals surface area (Å²) in [5.41, 5.74) is 0.240. The number of carbonyl (C=O) groups is 1. The van der Waals surface area contributed by atoms with Crippen LogP contribution >= 0.6 is 0 Å². The molecule has 0 radical (unpaired) electrons. The Balaban J connectivity index is 3.09. The summed E-state index contributed by atoms with van der Waals surface area (Å²) >= 11 is 0. The van der Waals surface area contributed by atoms with E-state index in [0.717, 1.165) is 6.07 Å². The Bertz CT molecular complexity index is 362. The van der Waals surface area contributed by atoms with Gasteiger partial charge in [0.1, 0.15) is 0 Å². The Morgan fingerprint density at radius 1 is 1.57 bits per heavy atom. The van der Waals surface area contributed by atoms with Crippen molar-refractivity contribution < 1.29 is 24.1 Å². The van der Waals surface area contributed by atoms with Gasteiger partial charge in [-0.2, -0.15) is 0 Å². The van der Waals surface area contributed by atoms with Crippen molar-refractivity contribution in [1.29, 1.82) is 0 Å². The van der Waals surface area contributed by atoms with Gasteiger partial charge in [-0.3, -0.25) is 4.79 Å². The van der Waals surface area contributed by atoms with Crippen LogP contribution in [0.3, 0.4) is 0 Å². The van der Waals surface area contributed by atoms with Gasteiger partial charge >= 0.3 is 5.97 Å². The fraction of sp³-hybridized carbons (Fsp3) is 0.222. The highest BCUT2D eigenvalue weighted by atomic mass is 19.1. The van der Waals surface area contributed by atoms with Crippen LogP contribution in [-0.2, 0) is 11.2 Å². The van der Waals surface area contributed by atoms with E-state index in [1.807, 2.05) is 0 Å². The molecule has 0 aliphatic carbocycles. The van der Waals surface area contributed by atoms with Gasteiger partial charge in [0.25, 0.3) is 0 Å². The summed E-state index contributed by atoms with van der Waals surface area (Å²) in [5, 5.41) is 17.6. The Hall–Kier alpha value is -1.78. The number of aromatic hydroxyl groups is 1. The van der Waals surface area contributed by atoms with Gasteiger partial charge in [0.15, 0.2) is 17.3 Å². The predicted molar refractivity (Wildman–Crippen MR) is 46.0 cm³/mol. The number of hydrogen-bond acceptors (Lipinski definition) is 3. The van der Waals surface area contributed by atoms with Crippen molar-refractivity contribution >= 4 is 5.97 Å². The smallest absolute Gasteiger partial charge is 0.307 e. The number of phenolic OH excluding ortho intramolecular Hbond substituents is 1. The maximum Gasteiger partial charge on any atom is 0.307 e. The third kappa shape index (κ3) is 2.12. The van der Waals surface area contributed by atoms with Gasteiger partial charge in [-0.25, -0.2) is 4.39 Å². The third-order valence-corrected chi connectivity index (χ3v) is 1.66. The average molecular weight is 200 g/mol. The molecule has 0 aliphatic heterocycles. The standard InChI is InChI=1S/C9H9FO4/c1-14-7-3-5(4-8(11)12)2-6(10)9(7)13/h2-3,13H,4H2,1H3,(H,11,12). The minimum absolute atomic E-state index is 0.0683. The number of rotatable bonds is 3. The summed E-state index contributed by atoms with van der Waals surface area (Å²) in [6, 6.07) is 2.25. The number of ether oxygens (including phenoxy) is 1. The van der Waals surface area contributed by atoms with Gasteiger partial charge in [-0.05, 0) is 17.7 Å². The zero-order valence-electron chi connectivity index (χ0n) is 7.45. The summed E-state index contributed by atoms with van der Waals surface area (Å²) in [6.07, 6.45) is -0.312. The molecule has 0 saturated carbocycles. The summed E-state index contributed by atoms with van der Waals surface area (Å²) in [6.45, 7) is 0. The first-order chi connectivity index (χ1) is 6.54. The molecular weight excluding hydrogens is 191 g/mol. The van der Waals surface area contributed by atoms with E-state index in [9.17, 15) is 9.18 Å². The highest BCUT2D eigenvalue weighted by Crippen LogP contribution is 2.30. The normalized spacial score (nSPS) is 9.86. The molecule has 0 saturated heterocycles. The number of aliphatic carboxylic acids is 1. The Morgan fingerprint density at radius 3 is 2.71 bits per heavy atom. The second-order valence-electron chi connectivity index (χ2n) is 2.70. The van der Waals surface area contributed by atoms with Crippen LogP contribution in [-0.4, -0.2) is 23.3 Å². The highest BCUT2D eigenvalue weighted by molar-refractivity contribution is 5.70. The molecule has 4 nitrogen and oxygen atoms in total. The second-order valence-corrected chi connectivity index (χ2v) is 2.70. The molecule has 0 aliphatic rings. The number of carboxylic acid groups (broad SMARTS) is 1. The van der Waals surface area contributed by atoms with E-state index in [1.165, 1.54) is 13.2 Å². The van der Waals surface area contributed by atoms with E-state index in [2.05, 4.69) is 4.74 Å². The molecule has 1 aromatic carbocycles. The van der Waals surface area contributed by atoms with Crippen LogP contribution in [0, 0.1) is 5.82 Å². The van der Waals surface area contributed by atoms with Gasteiger partial charge in [-0.15, -0.1) is 0 Å². The van der Waals surface area contributed by atoms with Crippen LogP contribution in [0.1, 0.15) is 5.56 Å². The Kier molecular flexibility index (Phi) is 2.91. The van der Waals surface area contributed by atoms with E-state index in [0.29, 0.717) is 0 Å². The molecule has 1 rings (SSSR count). The summed E-state index contributed by atoms with van der Waals surface area (Å²) in [7, 11) is 1.26.